The zero-order valence-corrected chi connectivity index (χ0v) is 20.7. The molecule has 0 radical (unpaired) electrons. The first-order valence-electron chi connectivity index (χ1n) is 11.1. The van der Waals surface area contributed by atoms with Gasteiger partial charge in [0.25, 0.3) is 0 Å². The van der Waals surface area contributed by atoms with Crippen LogP contribution in [0.1, 0.15) is 57.4 Å². The number of esters is 1. The van der Waals surface area contributed by atoms with Gasteiger partial charge in [0.2, 0.25) is 10.0 Å². The summed E-state index contributed by atoms with van der Waals surface area (Å²) in [6, 6.07) is 6.57. The van der Waals surface area contributed by atoms with Crippen molar-refractivity contribution in [2.45, 2.75) is 58.1 Å². The Labute approximate surface area is 195 Å². The number of ether oxygens (including phenoxy) is 2. The number of aryl methyl sites for hydroxylation is 1. The molecule has 0 saturated carbocycles. The van der Waals surface area contributed by atoms with E-state index in [1.165, 1.54) is 11.4 Å². The van der Waals surface area contributed by atoms with Crippen LogP contribution in [0.5, 0.6) is 0 Å². The van der Waals surface area contributed by atoms with Crippen molar-refractivity contribution in [3.63, 3.8) is 0 Å². The zero-order valence-electron chi connectivity index (χ0n) is 19.9. The molecule has 1 saturated heterocycles. The number of Topliss-reactive ketones (excluding diaryl/α,β-unsaturated/α-hetero) is 1. The first-order chi connectivity index (χ1) is 15.6. The molecule has 2 heterocycles. The first kappa shape index (κ1) is 25.1. The molecule has 1 unspecified atom stereocenters. The summed E-state index contributed by atoms with van der Waals surface area (Å²) in [6.45, 7) is 8.02. The number of methoxy groups -OCH3 is 1. The molecule has 33 heavy (non-hydrogen) atoms. The summed E-state index contributed by atoms with van der Waals surface area (Å²) >= 11 is 0. The maximum Gasteiger partial charge on any atom is 0.354 e. The quantitative estimate of drug-likeness (QED) is 0.407. The number of sulfonamides is 1. The van der Waals surface area contributed by atoms with E-state index in [0.717, 1.165) is 18.4 Å². The molecule has 1 aromatic carbocycles. The first-order valence-corrected chi connectivity index (χ1v) is 12.5. The number of ketones is 1. The SMILES string of the molecule is CCn1c(C)c(C(=O)CN(CC2CCCO2)S(=O)(=O)c2ccc(C)cc2)c(C)c1C(=O)OC. The fourth-order valence-corrected chi connectivity index (χ4v) is 5.85. The molecule has 0 aliphatic carbocycles. The van der Waals surface area contributed by atoms with Gasteiger partial charge in [-0.15, -0.1) is 0 Å². The normalized spacial score (nSPS) is 16.4. The summed E-state index contributed by atoms with van der Waals surface area (Å²) in [5.74, 6) is -0.893. The van der Waals surface area contributed by atoms with Crippen molar-refractivity contribution in [1.29, 1.82) is 0 Å². The molecule has 9 heteroatoms. The smallest absolute Gasteiger partial charge is 0.354 e. The molecular weight excluding hydrogens is 444 g/mol. The lowest BCUT2D eigenvalue weighted by Crippen LogP contribution is -2.41. The lowest BCUT2D eigenvalue weighted by Gasteiger charge is -2.24. The number of nitrogens with zero attached hydrogens (tertiary/aromatic N) is 2. The van der Waals surface area contributed by atoms with Crippen molar-refractivity contribution in [2.75, 3.05) is 26.8 Å². The molecule has 2 aromatic rings. The highest BCUT2D eigenvalue weighted by Crippen LogP contribution is 2.26. The second kappa shape index (κ2) is 10.2. The van der Waals surface area contributed by atoms with E-state index in [-0.39, 0.29) is 29.9 Å². The Morgan fingerprint density at radius 1 is 1.18 bits per heavy atom. The van der Waals surface area contributed by atoms with Crippen LogP contribution in [0.25, 0.3) is 0 Å². The second-order valence-corrected chi connectivity index (χ2v) is 10.3. The molecule has 1 fully saturated rings. The molecular formula is C24H32N2O6S. The van der Waals surface area contributed by atoms with Crippen LogP contribution >= 0.6 is 0 Å². The monoisotopic (exact) mass is 476 g/mol. The summed E-state index contributed by atoms with van der Waals surface area (Å²) in [5.41, 5.74) is 2.72. The van der Waals surface area contributed by atoms with Crippen LogP contribution < -0.4 is 0 Å². The number of carbonyl (C=O) groups excluding carboxylic acids is 2. The molecule has 180 valence electrons. The van der Waals surface area contributed by atoms with Crippen LogP contribution in [-0.2, 0) is 26.0 Å². The van der Waals surface area contributed by atoms with Gasteiger partial charge >= 0.3 is 5.97 Å². The van der Waals surface area contributed by atoms with E-state index >= 15 is 0 Å². The van der Waals surface area contributed by atoms with E-state index < -0.39 is 16.0 Å². The van der Waals surface area contributed by atoms with Crippen molar-refractivity contribution in [1.82, 2.24) is 8.87 Å². The van der Waals surface area contributed by atoms with Crippen LogP contribution in [0.15, 0.2) is 29.2 Å². The third-order valence-electron chi connectivity index (χ3n) is 6.15. The number of benzene rings is 1. The Kier molecular flexibility index (Phi) is 7.76. The van der Waals surface area contributed by atoms with Gasteiger partial charge in [-0.3, -0.25) is 4.79 Å². The Hall–Kier alpha value is -2.49. The summed E-state index contributed by atoms with van der Waals surface area (Å²) in [6.07, 6.45) is 1.34. The Morgan fingerprint density at radius 2 is 1.85 bits per heavy atom. The number of carbonyl (C=O) groups is 2. The largest absolute Gasteiger partial charge is 0.464 e. The van der Waals surface area contributed by atoms with E-state index in [1.54, 1.807) is 42.7 Å². The van der Waals surface area contributed by atoms with Gasteiger partial charge in [0.05, 0.1) is 24.7 Å². The Morgan fingerprint density at radius 3 is 2.39 bits per heavy atom. The van der Waals surface area contributed by atoms with Crippen molar-refractivity contribution >= 4 is 21.8 Å². The summed E-state index contributed by atoms with van der Waals surface area (Å²) < 4.78 is 40.5. The van der Waals surface area contributed by atoms with Gasteiger partial charge in [-0.05, 0) is 58.2 Å². The lowest BCUT2D eigenvalue weighted by atomic mass is 10.1. The van der Waals surface area contributed by atoms with E-state index in [1.807, 2.05) is 13.8 Å². The second-order valence-electron chi connectivity index (χ2n) is 8.34. The molecule has 1 aliphatic rings. The third kappa shape index (κ3) is 5.05. The van der Waals surface area contributed by atoms with Crippen molar-refractivity contribution < 1.29 is 27.5 Å². The standard InChI is InChI=1S/C24H32N2O6S/c1-6-26-18(4)22(17(3)23(26)24(28)31-5)21(27)15-25(14-19-8-7-13-32-19)33(29,30)20-11-9-16(2)10-12-20/h9-12,19H,6-8,13-15H2,1-5H3. The van der Waals surface area contributed by atoms with Crippen LogP contribution in [0.2, 0.25) is 0 Å². The Balaban J connectivity index is 1.99. The minimum Gasteiger partial charge on any atom is -0.464 e. The van der Waals surface area contributed by atoms with E-state index in [0.29, 0.717) is 35.7 Å². The topological polar surface area (TPSA) is 94.9 Å². The highest BCUT2D eigenvalue weighted by molar-refractivity contribution is 7.89. The van der Waals surface area contributed by atoms with E-state index in [4.69, 9.17) is 9.47 Å². The average Bonchev–Trinajstić information content (AvgIpc) is 3.38. The maximum absolute atomic E-state index is 13.5. The van der Waals surface area contributed by atoms with Gasteiger partial charge < -0.3 is 14.0 Å². The maximum atomic E-state index is 13.5. The van der Waals surface area contributed by atoms with Crippen molar-refractivity contribution in [3.05, 3.63) is 52.3 Å². The number of rotatable bonds is 9. The highest BCUT2D eigenvalue weighted by Gasteiger charge is 2.33. The van der Waals surface area contributed by atoms with Crippen LogP contribution in [0.3, 0.4) is 0 Å². The summed E-state index contributed by atoms with van der Waals surface area (Å²) in [5, 5.41) is 0. The minimum atomic E-state index is -3.93. The summed E-state index contributed by atoms with van der Waals surface area (Å²) in [4.78, 5) is 26.0. The molecule has 0 bridgehead atoms. The van der Waals surface area contributed by atoms with Crippen LogP contribution in [0, 0.1) is 20.8 Å². The van der Waals surface area contributed by atoms with Crippen LogP contribution in [0.4, 0.5) is 0 Å². The van der Waals surface area contributed by atoms with E-state index in [2.05, 4.69) is 0 Å². The molecule has 3 rings (SSSR count). The summed E-state index contributed by atoms with van der Waals surface area (Å²) in [7, 11) is -2.64. The van der Waals surface area contributed by atoms with Gasteiger partial charge in [-0.25, -0.2) is 13.2 Å². The zero-order chi connectivity index (χ0) is 24.3. The number of hydrogen-bond donors (Lipinski definition) is 0. The molecule has 0 spiro atoms. The van der Waals surface area contributed by atoms with Gasteiger partial charge in [0, 0.05) is 31.0 Å². The molecule has 1 aromatic heterocycles. The van der Waals surface area contributed by atoms with Gasteiger partial charge in [0.15, 0.2) is 5.78 Å². The average molecular weight is 477 g/mol. The van der Waals surface area contributed by atoms with Crippen LogP contribution in [-0.4, -0.2) is 62.0 Å². The van der Waals surface area contributed by atoms with Gasteiger partial charge in [-0.1, -0.05) is 17.7 Å². The van der Waals surface area contributed by atoms with Gasteiger partial charge in [-0.2, -0.15) is 4.31 Å². The molecule has 0 amide bonds. The fourth-order valence-electron chi connectivity index (χ4n) is 4.42. The highest BCUT2D eigenvalue weighted by atomic mass is 32.2. The number of aromatic nitrogens is 1. The predicted molar refractivity (Wildman–Crippen MR) is 124 cm³/mol. The molecule has 1 aliphatic heterocycles. The van der Waals surface area contributed by atoms with Crippen molar-refractivity contribution in [2.24, 2.45) is 0 Å². The van der Waals surface area contributed by atoms with E-state index in [9.17, 15) is 18.0 Å². The molecule has 0 N–H and O–H groups in total. The third-order valence-corrected chi connectivity index (χ3v) is 7.98. The van der Waals surface area contributed by atoms with Crippen molar-refractivity contribution in [3.8, 4) is 0 Å². The molecule has 8 nitrogen and oxygen atoms in total. The minimum absolute atomic E-state index is 0.0956. The number of hydrogen-bond acceptors (Lipinski definition) is 6. The lowest BCUT2D eigenvalue weighted by molar-refractivity contribution is 0.0587. The molecule has 1 atom stereocenters. The van der Waals surface area contributed by atoms with Gasteiger partial charge in [0.1, 0.15) is 5.69 Å². The Bertz CT molecular complexity index is 1130. The predicted octanol–water partition coefficient (Wildman–Crippen LogP) is 3.27. The fraction of sp³-hybridized carbons (Fsp3) is 0.500.